The lowest BCUT2D eigenvalue weighted by Gasteiger charge is -2.02. The van der Waals surface area contributed by atoms with Crippen LogP contribution in [0.5, 0.6) is 0 Å². The highest BCUT2D eigenvalue weighted by atomic mass is 79.9. The van der Waals surface area contributed by atoms with Crippen molar-refractivity contribution in [2.24, 2.45) is 5.10 Å². The van der Waals surface area contributed by atoms with Gasteiger partial charge in [0.25, 0.3) is 11.5 Å². The van der Waals surface area contributed by atoms with Gasteiger partial charge in [-0.15, -0.1) is 0 Å². The minimum Gasteiger partial charge on any atom is -0.455 e. The van der Waals surface area contributed by atoms with E-state index in [1.165, 1.54) is 16.8 Å². The molecule has 3 aromatic rings. The van der Waals surface area contributed by atoms with Gasteiger partial charge in [0.05, 0.1) is 6.21 Å². The molecule has 7 heteroatoms. The van der Waals surface area contributed by atoms with Gasteiger partial charge in [0.2, 0.25) is 0 Å². The fourth-order valence-corrected chi connectivity index (χ4v) is 2.66. The van der Waals surface area contributed by atoms with Crippen molar-refractivity contribution in [1.29, 1.82) is 0 Å². The highest BCUT2D eigenvalue weighted by molar-refractivity contribution is 9.10. The first-order valence-electron chi connectivity index (χ1n) is 7.45. The molecule has 0 aliphatic heterocycles. The molecule has 0 unspecified atom stereocenters. The number of carbonyl (C=O) groups excluding carboxylic acids is 1. The van der Waals surface area contributed by atoms with E-state index in [1.807, 2.05) is 30.3 Å². The molecule has 2 heterocycles. The maximum absolute atomic E-state index is 11.8. The van der Waals surface area contributed by atoms with E-state index in [9.17, 15) is 9.59 Å². The molecule has 0 bridgehead atoms. The molecule has 3 rings (SSSR count). The van der Waals surface area contributed by atoms with E-state index in [2.05, 4.69) is 26.5 Å². The van der Waals surface area contributed by atoms with Crippen molar-refractivity contribution in [1.82, 2.24) is 9.99 Å². The Hall–Kier alpha value is -2.93. The highest BCUT2D eigenvalue weighted by Crippen LogP contribution is 2.28. The zero-order chi connectivity index (χ0) is 17.6. The van der Waals surface area contributed by atoms with Crippen molar-refractivity contribution >= 4 is 28.1 Å². The van der Waals surface area contributed by atoms with Crippen LogP contribution < -0.4 is 11.0 Å². The maximum atomic E-state index is 11.8. The molecule has 0 saturated carbocycles. The first kappa shape index (κ1) is 16.9. The topological polar surface area (TPSA) is 76.6 Å². The monoisotopic (exact) mass is 399 g/mol. The molecule has 1 amide bonds. The first-order valence-corrected chi connectivity index (χ1v) is 8.25. The average molecular weight is 400 g/mol. The van der Waals surface area contributed by atoms with Gasteiger partial charge < -0.3 is 8.98 Å². The van der Waals surface area contributed by atoms with E-state index in [0.29, 0.717) is 11.5 Å². The minimum atomic E-state index is -0.401. The second-order valence-electron chi connectivity index (χ2n) is 5.14. The van der Waals surface area contributed by atoms with Crippen LogP contribution in [-0.2, 0) is 11.3 Å². The predicted molar refractivity (Wildman–Crippen MR) is 98.3 cm³/mol. The van der Waals surface area contributed by atoms with Crippen molar-refractivity contribution < 1.29 is 9.21 Å². The SMILES string of the molecule is O=C(Cn1ccccc1=O)N/N=C\c1ccc(-c2ccccc2Br)o1. The first-order chi connectivity index (χ1) is 12.1. The van der Waals surface area contributed by atoms with Gasteiger partial charge in [-0.2, -0.15) is 5.10 Å². The summed E-state index contributed by atoms with van der Waals surface area (Å²) in [4.78, 5) is 23.3. The van der Waals surface area contributed by atoms with E-state index >= 15 is 0 Å². The van der Waals surface area contributed by atoms with E-state index in [4.69, 9.17) is 4.42 Å². The Labute approximate surface area is 151 Å². The molecule has 0 radical (unpaired) electrons. The Kier molecular flexibility index (Phi) is 5.25. The summed E-state index contributed by atoms with van der Waals surface area (Å²) in [6.45, 7) is -0.0998. The van der Waals surface area contributed by atoms with Crippen LogP contribution in [0.3, 0.4) is 0 Å². The number of hydrogen-bond acceptors (Lipinski definition) is 4. The fraction of sp³-hybridized carbons (Fsp3) is 0.0556. The summed E-state index contributed by atoms with van der Waals surface area (Å²) in [7, 11) is 0. The summed E-state index contributed by atoms with van der Waals surface area (Å²) in [6, 6.07) is 16.0. The number of rotatable bonds is 5. The number of amides is 1. The number of pyridine rings is 1. The molecule has 1 N–H and O–H groups in total. The molecule has 0 aliphatic rings. The number of hydrogen-bond donors (Lipinski definition) is 1. The Morgan fingerprint density at radius 2 is 1.96 bits per heavy atom. The molecule has 0 aliphatic carbocycles. The number of nitrogens with zero attached hydrogens (tertiary/aromatic N) is 2. The minimum absolute atomic E-state index is 0.0998. The van der Waals surface area contributed by atoms with Gasteiger partial charge in [0, 0.05) is 22.3 Å². The molecule has 2 aromatic heterocycles. The standard InChI is InChI=1S/C18H14BrN3O3/c19-15-6-2-1-5-14(15)16-9-8-13(25-16)11-20-21-17(23)12-22-10-4-3-7-18(22)24/h1-11H,12H2,(H,21,23)/b20-11-. The maximum Gasteiger partial charge on any atom is 0.260 e. The second-order valence-corrected chi connectivity index (χ2v) is 6.00. The molecule has 126 valence electrons. The third-order valence-electron chi connectivity index (χ3n) is 3.36. The largest absolute Gasteiger partial charge is 0.455 e. The fourth-order valence-electron chi connectivity index (χ4n) is 2.18. The van der Waals surface area contributed by atoms with Crippen molar-refractivity contribution in [3.05, 3.63) is 81.4 Å². The molecule has 1 aromatic carbocycles. The van der Waals surface area contributed by atoms with Gasteiger partial charge in [-0.1, -0.05) is 40.2 Å². The lowest BCUT2D eigenvalue weighted by atomic mass is 10.2. The Bertz CT molecular complexity index is 975. The second kappa shape index (κ2) is 7.76. The van der Waals surface area contributed by atoms with Crippen LogP contribution in [0.2, 0.25) is 0 Å². The van der Waals surface area contributed by atoms with Crippen molar-refractivity contribution in [3.63, 3.8) is 0 Å². The van der Waals surface area contributed by atoms with Crippen LogP contribution in [-0.4, -0.2) is 16.7 Å². The number of hydrazone groups is 1. The van der Waals surface area contributed by atoms with Gasteiger partial charge in [0.15, 0.2) is 0 Å². The zero-order valence-corrected chi connectivity index (χ0v) is 14.6. The molecule has 0 atom stereocenters. The van der Waals surface area contributed by atoms with Gasteiger partial charge in [-0.05, 0) is 24.3 Å². The summed E-state index contributed by atoms with van der Waals surface area (Å²) < 4.78 is 7.90. The molecular formula is C18H14BrN3O3. The summed E-state index contributed by atoms with van der Waals surface area (Å²) in [6.07, 6.45) is 2.95. The quantitative estimate of drug-likeness (QED) is 0.529. The van der Waals surface area contributed by atoms with Crippen LogP contribution in [0.25, 0.3) is 11.3 Å². The molecule has 6 nitrogen and oxygen atoms in total. The molecule has 0 spiro atoms. The number of carbonyl (C=O) groups is 1. The number of nitrogens with one attached hydrogen (secondary N) is 1. The smallest absolute Gasteiger partial charge is 0.260 e. The Balaban J connectivity index is 1.62. The summed E-state index contributed by atoms with van der Waals surface area (Å²) in [5, 5.41) is 3.85. The van der Waals surface area contributed by atoms with Gasteiger partial charge in [0.1, 0.15) is 18.1 Å². The van der Waals surface area contributed by atoms with Crippen LogP contribution in [0.4, 0.5) is 0 Å². The molecule has 0 fully saturated rings. The Morgan fingerprint density at radius 3 is 2.76 bits per heavy atom. The van der Waals surface area contributed by atoms with Crippen LogP contribution >= 0.6 is 15.9 Å². The average Bonchev–Trinajstić information content (AvgIpc) is 3.06. The van der Waals surface area contributed by atoms with Crippen LogP contribution in [0, 0.1) is 0 Å². The highest BCUT2D eigenvalue weighted by Gasteiger charge is 2.07. The third-order valence-corrected chi connectivity index (χ3v) is 4.05. The normalized spacial score (nSPS) is 10.9. The summed E-state index contributed by atoms with van der Waals surface area (Å²) >= 11 is 3.47. The number of benzene rings is 1. The number of aromatic nitrogens is 1. The predicted octanol–water partition coefficient (Wildman–Crippen LogP) is 3.02. The summed E-state index contributed by atoms with van der Waals surface area (Å²) in [5.74, 6) is 0.793. The van der Waals surface area contributed by atoms with E-state index in [-0.39, 0.29) is 12.1 Å². The van der Waals surface area contributed by atoms with E-state index in [1.54, 1.807) is 24.4 Å². The Morgan fingerprint density at radius 1 is 1.16 bits per heavy atom. The third kappa shape index (κ3) is 4.33. The van der Waals surface area contributed by atoms with Gasteiger partial charge in [-0.25, -0.2) is 5.43 Å². The van der Waals surface area contributed by atoms with E-state index < -0.39 is 5.91 Å². The van der Waals surface area contributed by atoms with Crippen molar-refractivity contribution in [2.75, 3.05) is 0 Å². The van der Waals surface area contributed by atoms with Crippen LogP contribution in [0.15, 0.2) is 79.6 Å². The molecule has 25 heavy (non-hydrogen) atoms. The van der Waals surface area contributed by atoms with Gasteiger partial charge >= 0.3 is 0 Å². The lowest BCUT2D eigenvalue weighted by Crippen LogP contribution is -2.28. The number of furan rings is 1. The van der Waals surface area contributed by atoms with Crippen molar-refractivity contribution in [2.45, 2.75) is 6.54 Å². The van der Waals surface area contributed by atoms with Gasteiger partial charge in [-0.3, -0.25) is 9.59 Å². The summed E-state index contributed by atoms with van der Waals surface area (Å²) in [5.41, 5.74) is 3.05. The van der Waals surface area contributed by atoms with Crippen LogP contribution in [0.1, 0.15) is 5.76 Å². The zero-order valence-electron chi connectivity index (χ0n) is 13.1. The molecule has 0 saturated heterocycles. The number of halogens is 1. The lowest BCUT2D eigenvalue weighted by molar-refractivity contribution is -0.121. The van der Waals surface area contributed by atoms with E-state index in [0.717, 1.165) is 10.0 Å². The van der Waals surface area contributed by atoms with Crippen molar-refractivity contribution in [3.8, 4) is 11.3 Å². The molecular weight excluding hydrogens is 386 g/mol.